The van der Waals surface area contributed by atoms with Crippen molar-refractivity contribution < 1.29 is 16.0 Å². The second-order valence-corrected chi connectivity index (χ2v) is 36.7. The van der Waals surface area contributed by atoms with Gasteiger partial charge in [0.1, 0.15) is 0 Å². The minimum absolute atomic E-state index is 0.0679. The molecule has 11 rings (SSSR count). The van der Waals surface area contributed by atoms with Crippen LogP contribution in [0.2, 0.25) is 47.7 Å². The monoisotopic (exact) mass is 412 g/mol. The van der Waals surface area contributed by atoms with Crippen LogP contribution in [0.4, 0.5) is 0 Å². The number of hydrogen-bond donors (Lipinski definition) is 0. The topological polar surface area (TPSA) is 26.3 Å². The van der Waals surface area contributed by atoms with Gasteiger partial charge in [-0.25, -0.2) is 0 Å². The summed E-state index contributed by atoms with van der Waals surface area (Å²) < 4.78 is 7.93. The number of hydrogen-bond acceptors (Lipinski definition) is 2. The van der Waals surface area contributed by atoms with Crippen LogP contribution in [0.15, 0.2) is 28.7 Å². The first-order valence-electron chi connectivity index (χ1n) is 9.00. The molecule has 10 fully saturated rings. The van der Waals surface area contributed by atoms with E-state index in [4.69, 9.17) is 4.74 Å². The fourth-order valence-electron chi connectivity index (χ4n) is 18.3. The molecular weight excluding hydrogens is 396 g/mol. The van der Waals surface area contributed by atoms with Gasteiger partial charge in [0.25, 0.3) is 0 Å². The zero-order valence-corrected chi connectivity index (χ0v) is 15.3. The summed E-state index contributed by atoms with van der Waals surface area (Å²) in [4.78, 5) is 23.2. The molecule has 1 aromatic rings. The molecular formula is C19H17BrFeO2. The van der Waals surface area contributed by atoms with Crippen LogP contribution in [0, 0.1) is 0 Å². The van der Waals surface area contributed by atoms with Crippen LogP contribution < -0.4 is 0 Å². The van der Waals surface area contributed by atoms with E-state index in [0.717, 1.165) is 14.1 Å². The molecule has 10 aliphatic rings. The summed E-state index contributed by atoms with van der Waals surface area (Å²) in [6.45, 7) is -1.65. The van der Waals surface area contributed by atoms with Crippen molar-refractivity contribution in [3.8, 4) is 0 Å². The number of rotatable bonds is 3. The predicted molar refractivity (Wildman–Crippen MR) is 85.1 cm³/mol. The van der Waals surface area contributed by atoms with Gasteiger partial charge in [-0.05, 0) is 0 Å². The second-order valence-electron chi connectivity index (χ2n) is 12.2. The van der Waals surface area contributed by atoms with Crippen molar-refractivity contribution in [2.45, 2.75) is 60.7 Å². The molecule has 0 N–H and O–H groups in total. The number of halogens is 1. The number of benzene rings is 1. The zero-order valence-electron chi connectivity index (χ0n) is 12.6. The van der Waals surface area contributed by atoms with Gasteiger partial charge in [0.05, 0.1) is 0 Å². The molecule has 1 aromatic carbocycles. The van der Waals surface area contributed by atoms with Crippen molar-refractivity contribution >= 4 is 21.9 Å². The van der Waals surface area contributed by atoms with Gasteiger partial charge in [0.2, 0.25) is 0 Å². The first-order valence-corrected chi connectivity index (χ1v) is 16.1. The van der Waals surface area contributed by atoms with E-state index < -0.39 is 6.51 Å². The number of esters is 1. The summed E-state index contributed by atoms with van der Waals surface area (Å²) in [6.07, 6.45) is 0.101. The molecule has 5 unspecified atom stereocenters. The van der Waals surface area contributed by atoms with E-state index in [1.165, 1.54) is 39.3 Å². The Kier molecular flexibility index (Phi) is 0.450. The molecule has 10 saturated heterocycles. The molecule has 1 spiro atoms. The second kappa shape index (κ2) is 1.04. The van der Waals surface area contributed by atoms with Gasteiger partial charge in [-0.2, -0.15) is 0 Å². The molecule has 2 nitrogen and oxygen atoms in total. The Morgan fingerprint density at radius 3 is 2.04 bits per heavy atom. The first-order chi connectivity index (χ1) is 10.9. The SMILES string of the molecule is CC(=O)OC(c1ccccc1Br)[C]12[CH]3[CH]4[CH]5[CH]1[Fe]45321678[CH]2[CH]1[CH]6[CH]7[CH]28. The molecule has 4 heteroatoms. The van der Waals surface area contributed by atoms with Crippen LogP contribution in [0.25, 0.3) is 0 Å². The fourth-order valence-corrected chi connectivity index (χ4v) is 93.4. The molecule has 23 heavy (non-hydrogen) atoms. The number of ether oxygens (including phenoxy) is 1. The summed E-state index contributed by atoms with van der Waals surface area (Å²) in [6, 6.07) is 8.57. The van der Waals surface area contributed by atoms with Crippen molar-refractivity contribution in [3.05, 3.63) is 34.3 Å². The Balaban J connectivity index is 1.32. The Hall–Kier alpha value is -0.311. The summed E-state index contributed by atoms with van der Waals surface area (Å²) in [5.41, 5.74) is 1.29. The third-order valence-corrected chi connectivity index (χ3v) is 60.0. The molecule has 0 amide bonds. The molecule has 0 bridgehead atoms. The van der Waals surface area contributed by atoms with Gasteiger partial charge < -0.3 is 0 Å². The van der Waals surface area contributed by atoms with E-state index in [-0.39, 0.29) is 12.1 Å². The van der Waals surface area contributed by atoms with Crippen LogP contribution in [0.1, 0.15) is 18.6 Å². The zero-order chi connectivity index (χ0) is 14.9. The quantitative estimate of drug-likeness (QED) is 0.462. The molecule has 0 aromatic heterocycles. The van der Waals surface area contributed by atoms with Gasteiger partial charge in [-0.15, -0.1) is 0 Å². The van der Waals surface area contributed by atoms with Crippen molar-refractivity contribution in [2.24, 2.45) is 0 Å². The Morgan fingerprint density at radius 1 is 1.09 bits per heavy atom. The average molecular weight is 413 g/mol. The van der Waals surface area contributed by atoms with Crippen molar-refractivity contribution in [2.75, 3.05) is 0 Å². The third kappa shape index (κ3) is 0.149. The van der Waals surface area contributed by atoms with E-state index in [1.807, 2.05) is 0 Å². The van der Waals surface area contributed by atoms with Gasteiger partial charge in [0.15, 0.2) is 0 Å². The van der Waals surface area contributed by atoms with Crippen molar-refractivity contribution in [3.63, 3.8) is 0 Å². The molecule has 0 saturated carbocycles. The van der Waals surface area contributed by atoms with Crippen LogP contribution in [0.5, 0.6) is 0 Å². The average Bonchev–Trinajstić information content (AvgIpc) is 3.45. The molecule has 0 radical (unpaired) electrons. The maximum atomic E-state index is 12.0. The van der Waals surface area contributed by atoms with E-state index in [1.54, 1.807) is 6.92 Å². The Morgan fingerprint density at radius 2 is 1.65 bits per heavy atom. The minimum atomic E-state index is -3.27. The third-order valence-electron chi connectivity index (χ3n) is 16.7. The summed E-state index contributed by atoms with van der Waals surface area (Å²) >= 11 is 3.77. The summed E-state index contributed by atoms with van der Waals surface area (Å²) in [7, 11) is 0. The Bertz CT molecular complexity index is 1250. The molecule has 120 valence electrons. The van der Waals surface area contributed by atoms with Crippen LogP contribution in [-0.2, 0) is 16.0 Å². The molecule has 10 heterocycles. The van der Waals surface area contributed by atoms with Crippen LogP contribution in [-0.4, -0.2) is 5.97 Å². The molecule has 10 aliphatic heterocycles. The first kappa shape index (κ1) is 9.99. The van der Waals surface area contributed by atoms with Gasteiger partial charge in [-0.1, -0.05) is 0 Å². The van der Waals surface area contributed by atoms with Crippen molar-refractivity contribution in [1.82, 2.24) is 0 Å². The maximum absolute atomic E-state index is 12.0. The van der Waals surface area contributed by atoms with E-state index in [2.05, 4.69) is 40.2 Å². The summed E-state index contributed by atoms with van der Waals surface area (Å²) in [5, 5.41) is 0. The number of carbonyl (C=O) groups excluding carboxylic acids is 1. The van der Waals surface area contributed by atoms with Gasteiger partial charge in [0, 0.05) is 0 Å². The van der Waals surface area contributed by atoms with Crippen LogP contribution >= 0.6 is 15.9 Å². The molecule has 0 aliphatic carbocycles. The number of fused-ring (bicyclic) bond motifs is 10. The van der Waals surface area contributed by atoms with E-state index in [9.17, 15) is 4.79 Å². The number of carbonyl (C=O) groups is 1. The van der Waals surface area contributed by atoms with Crippen molar-refractivity contribution in [1.29, 1.82) is 0 Å². The van der Waals surface area contributed by atoms with Crippen LogP contribution in [0.3, 0.4) is 0 Å². The predicted octanol–water partition coefficient (Wildman–Crippen LogP) is 5.81. The fraction of sp³-hybridized carbons (Fsp3) is 0.632. The Labute approximate surface area is 132 Å². The standard InChI is InChI=1S/C14H12BrO2.C5H5.Fe/c1-10(16)17-14(11-6-2-3-7-11)12-8-4-5-9-13(12)15;1-2-4-5-3-1;/h2-9,14H,1H3;1-5H;. The molecule has 5 atom stereocenters. The van der Waals surface area contributed by atoms with Gasteiger partial charge >= 0.3 is 133 Å². The summed E-state index contributed by atoms with van der Waals surface area (Å²) in [5.74, 6) is -0.0679. The van der Waals surface area contributed by atoms with E-state index >= 15 is 0 Å². The van der Waals surface area contributed by atoms with E-state index in [0.29, 0.717) is 4.31 Å². The van der Waals surface area contributed by atoms with Gasteiger partial charge in [-0.3, -0.25) is 0 Å². The normalized spacial score (nSPS) is 92.2.